The van der Waals surface area contributed by atoms with Gasteiger partial charge in [0.25, 0.3) is 5.91 Å². The summed E-state index contributed by atoms with van der Waals surface area (Å²) >= 11 is 0. The van der Waals surface area contributed by atoms with E-state index in [9.17, 15) is 9.90 Å². The molecule has 0 aliphatic carbocycles. The fourth-order valence-corrected chi connectivity index (χ4v) is 2.42. The number of aliphatic hydroxyl groups excluding tert-OH is 1. The number of H-pyrrole nitrogens is 1. The van der Waals surface area contributed by atoms with Gasteiger partial charge in [0, 0.05) is 18.5 Å². The van der Waals surface area contributed by atoms with E-state index in [4.69, 9.17) is 0 Å². The molecule has 2 N–H and O–H groups in total. The molecule has 0 radical (unpaired) electrons. The van der Waals surface area contributed by atoms with Crippen molar-refractivity contribution in [2.75, 3.05) is 13.1 Å². The predicted molar refractivity (Wildman–Crippen MR) is 75.4 cm³/mol. The molecule has 0 aromatic carbocycles. The molecular formula is C14H24N4O2. The number of rotatable bonds is 2. The quantitative estimate of drug-likeness (QED) is 0.856. The lowest BCUT2D eigenvalue weighted by atomic mass is 9.92. The third-order valence-electron chi connectivity index (χ3n) is 3.90. The zero-order valence-electron chi connectivity index (χ0n) is 12.7. The zero-order valence-corrected chi connectivity index (χ0v) is 12.7. The topological polar surface area (TPSA) is 82.1 Å². The lowest BCUT2D eigenvalue weighted by molar-refractivity contribution is 0.0512. The Bertz CT molecular complexity index is 468. The van der Waals surface area contributed by atoms with E-state index in [1.165, 1.54) is 0 Å². The lowest BCUT2D eigenvalue weighted by Crippen LogP contribution is -2.41. The average Bonchev–Trinajstić information content (AvgIpc) is 2.87. The molecule has 112 valence electrons. The summed E-state index contributed by atoms with van der Waals surface area (Å²) in [5.74, 6) is 1.13. The van der Waals surface area contributed by atoms with Crippen LogP contribution in [0, 0.1) is 5.92 Å². The van der Waals surface area contributed by atoms with Gasteiger partial charge >= 0.3 is 0 Å². The molecule has 1 unspecified atom stereocenters. The molecule has 6 nitrogen and oxygen atoms in total. The molecule has 1 atom stereocenters. The number of hydrogen-bond donors (Lipinski definition) is 2. The Morgan fingerprint density at radius 1 is 1.40 bits per heavy atom. The van der Waals surface area contributed by atoms with Gasteiger partial charge in [-0.15, -0.1) is 5.10 Å². The van der Waals surface area contributed by atoms with Crippen LogP contribution >= 0.6 is 0 Å². The van der Waals surface area contributed by atoms with Crippen molar-refractivity contribution in [3.8, 4) is 0 Å². The second kappa shape index (κ2) is 5.52. The summed E-state index contributed by atoms with van der Waals surface area (Å²) in [5, 5.41) is 16.5. The van der Waals surface area contributed by atoms with E-state index in [-0.39, 0.29) is 29.2 Å². The molecule has 1 aromatic heterocycles. The van der Waals surface area contributed by atoms with Crippen LogP contribution in [-0.4, -0.2) is 50.3 Å². The largest absolute Gasteiger partial charge is 0.393 e. The van der Waals surface area contributed by atoms with Gasteiger partial charge in [0.05, 0.1) is 6.10 Å². The summed E-state index contributed by atoms with van der Waals surface area (Å²) in [7, 11) is 0. The maximum absolute atomic E-state index is 12.3. The molecule has 6 heteroatoms. The van der Waals surface area contributed by atoms with E-state index in [1.807, 2.05) is 27.7 Å². The first-order valence-corrected chi connectivity index (χ1v) is 7.19. The first-order chi connectivity index (χ1) is 9.29. The number of aromatic nitrogens is 3. The van der Waals surface area contributed by atoms with E-state index in [2.05, 4.69) is 15.2 Å². The smallest absolute Gasteiger partial charge is 0.293 e. The standard InChI is InChI=1S/C14H24N4O2/c1-9(19)10-5-7-18(8-6-10)12(20)11-15-13(17-16-11)14(2,3)4/h9-10,19H,5-8H2,1-4H3,(H,15,16,17). The van der Waals surface area contributed by atoms with Crippen molar-refractivity contribution in [2.45, 2.75) is 52.1 Å². The van der Waals surface area contributed by atoms with Crippen molar-refractivity contribution in [3.05, 3.63) is 11.6 Å². The van der Waals surface area contributed by atoms with Crippen molar-refractivity contribution in [3.63, 3.8) is 0 Å². The van der Waals surface area contributed by atoms with Crippen LogP contribution in [0.5, 0.6) is 0 Å². The summed E-state index contributed by atoms with van der Waals surface area (Å²) in [6.45, 7) is 9.20. The fraction of sp³-hybridized carbons (Fsp3) is 0.786. The minimum absolute atomic E-state index is 0.124. The summed E-state index contributed by atoms with van der Waals surface area (Å²) in [6.07, 6.45) is 1.36. The van der Waals surface area contributed by atoms with E-state index in [0.29, 0.717) is 13.1 Å². The Labute approximate surface area is 119 Å². The number of carbonyl (C=O) groups excluding carboxylic acids is 1. The molecule has 20 heavy (non-hydrogen) atoms. The average molecular weight is 280 g/mol. The third-order valence-corrected chi connectivity index (χ3v) is 3.90. The molecule has 0 spiro atoms. The lowest BCUT2D eigenvalue weighted by Gasteiger charge is -2.32. The van der Waals surface area contributed by atoms with Gasteiger partial charge in [-0.25, -0.2) is 4.98 Å². The van der Waals surface area contributed by atoms with Crippen LogP contribution in [0.2, 0.25) is 0 Å². The van der Waals surface area contributed by atoms with Crippen molar-refractivity contribution in [1.82, 2.24) is 20.1 Å². The minimum Gasteiger partial charge on any atom is -0.393 e. The summed E-state index contributed by atoms with van der Waals surface area (Å²) in [5.41, 5.74) is -0.148. The van der Waals surface area contributed by atoms with Crippen LogP contribution in [0.25, 0.3) is 0 Å². The van der Waals surface area contributed by atoms with Crippen LogP contribution in [0.3, 0.4) is 0 Å². The number of aliphatic hydroxyl groups is 1. The van der Waals surface area contributed by atoms with Gasteiger partial charge in [-0.1, -0.05) is 20.8 Å². The Balaban J connectivity index is 2.01. The second-order valence-corrected chi connectivity index (χ2v) is 6.63. The number of amides is 1. The summed E-state index contributed by atoms with van der Waals surface area (Å²) in [4.78, 5) is 18.4. The number of piperidine rings is 1. The molecule has 1 aliphatic rings. The number of nitrogens with one attached hydrogen (secondary N) is 1. The Kier molecular flexibility index (Phi) is 4.13. The number of nitrogens with zero attached hydrogens (tertiary/aromatic N) is 3. The number of hydrogen-bond acceptors (Lipinski definition) is 4. The molecule has 1 amide bonds. The number of carbonyl (C=O) groups is 1. The number of aromatic amines is 1. The van der Waals surface area contributed by atoms with Gasteiger partial charge in [-0.05, 0) is 25.7 Å². The fourth-order valence-electron chi connectivity index (χ4n) is 2.42. The van der Waals surface area contributed by atoms with Crippen LogP contribution in [0.1, 0.15) is 57.0 Å². The zero-order chi connectivity index (χ0) is 14.9. The predicted octanol–water partition coefficient (Wildman–Crippen LogP) is 1.34. The van der Waals surface area contributed by atoms with Crippen molar-refractivity contribution < 1.29 is 9.90 Å². The first-order valence-electron chi connectivity index (χ1n) is 7.19. The molecule has 1 saturated heterocycles. The molecule has 2 rings (SSSR count). The summed E-state index contributed by atoms with van der Waals surface area (Å²) in [6, 6.07) is 0. The molecular weight excluding hydrogens is 256 g/mol. The molecule has 0 saturated carbocycles. The molecule has 1 fully saturated rings. The highest BCUT2D eigenvalue weighted by atomic mass is 16.3. The van der Waals surface area contributed by atoms with E-state index in [0.717, 1.165) is 18.7 Å². The highest BCUT2D eigenvalue weighted by Crippen LogP contribution is 2.22. The molecule has 1 aliphatic heterocycles. The highest BCUT2D eigenvalue weighted by Gasteiger charge is 2.29. The molecule has 0 bridgehead atoms. The van der Waals surface area contributed by atoms with Gasteiger partial charge in [-0.2, -0.15) is 0 Å². The van der Waals surface area contributed by atoms with E-state index >= 15 is 0 Å². The highest BCUT2D eigenvalue weighted by molar-refractivity contribution is 5.90. The van der Waals surface area contributed by atoms with Crippen LogP contribution in [0.15, 0.2) is 0 Å². The van der Waals surface area contributed by atoms with Crippen LogP contribution in [0.4, 0.5) is 0 Å². The first kappa shape index (κ1) is 15.0. The normalized spacial score (nSPS) is 19.1. The molecule has 1 aromatic rings. The van der Waals surface area contributed by atoms with Crippen LogP contribution < -0.4 is 0 Å². The van der Waals surface area contributed by atoms with Crippen LogP contribution in [-0.2, 0) is 5.41 Å². The maximum atomic E-state index is 12.3. The maximum Gasteiger partial charge on any atom is 0.293 e. The van der Waals surface area contributed by atoms with Crippen molar-refractivity contribution >= 4 is 5.91 Å². The monoisotopic (exact) mass is 280 g/mol. The number of likely N-dealkylation sites (tertiary alicyclic amines) is 1. The van der Waals surface area contributed by atoms with E-state index < -0.39 is 0 Å². The Morgan fingerprint density at radius 3 is 2.45 bits per heavy atom. The van der Waals surface area contributed by atoms with Gasteiger partial charge in [0.15, 0.2) is 0 Å². The van der Waals surface area contributed by atoms with Gasteiger partial charge in [0.1, 0.15) is 5.82 Å². The summed E-state index contributed by atoms with van der Waals surface area (Å²) < 4.78 is 0. The second-order valence-electron chi connectivity index (χ2n) is 6.63. The SMILES string of the molecule is CC(O)C1CCN(C(=O)c2n[nH]c(C(C)(C)C)n2)CC1. The van der Waals surface area contributed by atoms with Gasteiger partial charge in [-0.3, -0.25) is 9.89 Å². The minimum atomic E-state index is -0.303. The van der Waals surface area contributed by atoms with Gasteiger partial charge < -0.3 is 10.0 Å². The molecule has 2 heterocycles. The third kappa shape index (κ3) is 3.17. The van der Waals surface area contributed by atoms with Crippen molar-refractivity contribution in [2.24, 2.45) is 5.92 Å². The Hall–Kier alpha value is -1.43. The van der Waals surface area contributed by atoms with Crippen molar-refractivity contribution in [1.29, 1.82) is 0 Å². The van der Waals surface area contributed by atoms with Gasteiger partial charge in [0.2, 0.25) is 5.82 Å². The van der Waals surface area contributed by atoms with E-state index in [1.54, 1.807) is 4.90 Å². The Morgan fingerprint density at radius 2 is 2.00 bits per heavy atom.